The largest absolute Gasteiger partial charge is 0.354 e. The van der Waals surface area contributed by atoms with Crippen molar-refractivity contribution in [3.63, 3.8) is 0 Å². The molecule has 0 spiro atoms. The van der Waals surface area contributed by atoms with Gasteiger partial charge >= 0.3 is 5.69 Å². The first-order valence-corrected chi connectivity index (χ1v) is 8.60. The molecule has 138 valence electrons. The molecule has 0 radical (unpaired) electrons. The van der Waals surface area contributed by atoms with Gasteiger partial charge in [-0.15, -0.1) is 0 Å². The average molecular weight is 379 g/mol. The average Bonchev–Trinajstić information content (AvgIpc) is 2.89. The molecule has 0 saturated carbocycles. The van der Waals surface area contributed by atoms with Crippen molar-refractivity contribution in [2.24, 2.45) is 0 Å². The molecule has 2 N–H and O–H groups in total. The van der Waals surface area contributed by atoms with Crippen LogP contribution >= 0.6 is 11.6 Å². The minimum absolute atomic E-state index is 0.190. The van der Waals surface area contributed by atoms with E-state index in [-0.39, 0.29) is 17.3 Å². The molecule has 3 rings (SSSR count). The van der Waals surface area contributed by atoms with Crippen molar-refractivity contribution >= 4 is 28.7 Å². The molecule has 26 heavy (non-hydrogen) atoms. The highest BCUT2D eigenvalue weighted by molar-refractivity contribution is 6.31. The predicted octanol–water partition coefficient (Wildman–Crippen LogP) is 2.32. The number of nitrogens with one attached hydrogen (secondary N) is 2. The number of rotatable bonds is 7. The van der Waals surface area contributed by atoms with Crippen LogP contribution in [0.15, 0.2) is 29.2 Å². The molecule has 0 aliphatic rings. The maximum Gasteiger partial charge on any atom is 0.328 e. The Hall–Kier alpha value is -2.45. The van der Waals surface area contributed by atoms with Gasteiger partial charge in [-0.05, 0) is 44.8 Å². The van der Waals surface area contributed by atoms with E-state index in [1.165, 1.54) is 16.7 Å². The fourth-order valence-electron chi connectivity index (χ4n) is 2.59. The Morgan fingerprint density at radius 2 is 2.19 bits per heavy atom. The monoisotopic (exact) mass is 378 g/mol. The molecule has 1 aromatic carbocycles. The van der Waals surface area contributed by atoms with Gasteiger partial charge in [-0.1, -0.05) is 17.7 Å². The SMILES string of the molecule is CN(C)CCCNc1ncc2[nH]c(=O)n(Cc3ccc(F)cc3Cl)c2n1. The van der Waals surface area contributed by atoms with E-state index in [1.807, 2.05) is 14.1 Å². The van der Waals surface area contributed by atoms with E-state index in [9.17, 15) is 9.18 Å². The highest BCUT2D eigenvalue weighted by Gasteiger charge is 2.12. The van der Waals surface area contributed by atoms with Crippen molar-refractivity contribution in [3.8, 4) is 0 Å². The summed E-state index contributed by atoms with van der Waals surface area (Å²) in [5.41, 5.74) is 1.32. The standard InChI is InChI=1S/C17H20ClFN6O/c1-24(2)7-3-6-20-16-21-9-14-15(23-16)25(17(26)22-14)10-11-4-5-12(19)8-13(11)18/h4-5,8-9H,3,6-7,10H2,1-2H3,(H,22,26)(H,20,21,23). The molecule has 9 heteroatoms. The Kier molecular flexibility index (Phi) is 5.53. The minimum Gasteiger partial charge on any atom is -0.354 e. The van der Waals surface area contributed by atoms with Crippen LogP contribution in [-0.4, -0.2) is 51.6 Å². The fourth-order valence-corrected chi connectivity index (χ4v) is 2.82. The maximum absolute atomic E-state index is 13.2. The van der Waals surface area contributed by atoms with Gasteiger partial charge in [0, 0.05) is 11.6 Å². The third kappa shape index (κ3) is 4.20. The molecule has 0 fully saturated rings. The summed E-state index contributed by atoms with van der Waals surface area (Å²) in [6.07, 6.45) is 2.51. The van der Waals surface area contributed by atoms with E-state index >= 15 is 0 Å². The second-order valence-corrected chi connectivity index (χ2v) is 6.67. The lowest BCUT2D eigenvalue weighted by Gasteiger charge is -2.10. The second kappa shape index (κ2) is 7.84. The fraction of sp³-hybridized carbons (Fsp3) is 0.353. The highest BCUT2D eigenvalue weighted by Crippen LogP contribution is 2.19. The zero-order valence-electron chi connectivity index (χ0n) is 14.6. The van der Waals surface area contributed by atoms with Gasteiger partial charge in [0.2, 0.25) is 5.95 Å². The van der Waals surface area contributed by atoms with Crippen LogP contribution in [0.3, 0.4) is 0 Å². The first-order chi connectivity index (χ1) is 12.4. The summed E-state index contributed by atoms with van der Waals surface area (Å²) in [6, 6.07) is 4.10. The van der Waals surface area contributed by atoms with Crippen molar-refractivity contribution in [1.29, 1.82) is 0 Å². The molecule has 2 aromatic heterocycles. The summed E-state index contributed by atoms with van der Waals surface area (Å²) < 4.78 is 14.7. The number of anilines is 1. The Labute approximate surface area is 154 Å². The van der Waals surface area contributed by atoms with Crippen molar-refractivity contribution < 1.29 is 4.39 Å². The van der Waals surface area contributed by atoms with Crippen molar-refractivity contribution in [2.45, 2.75) is 13.0 Å². The van der Waals surface area contributed by atoms with Crippen LogP contribution in [0, 0.1) is 5.82 Å². The highest BCUT2D eigenvalue weighted by atomic mass is 35.5. The van der Waals surface area contributed by atoms with Crippen LogP contribution in [0.1, 0.15) is 12.0 Å². The Morgan fingerprint density at radius 1 is 1.38 bits per heavy atom. The Bertz CT molecular complexity index is 968. The van der Waals surface area contributed by atoms with Gasteiger partial charge in [-0.2, -0.15) is 4.98 Å². The predicted molar refractivity (Wildman–Crippen MR) is 100 cm³/mol. The van der Waals surface area contributed by atoms with E-state index in [4.69, 9.17) is 11.6 Å². The number of hydrogen-bond acceptors (Lipinski definition) is 5. The third-order valence-electron chi connectivity index (χ3n) is 3.92. The first-order valence-electron chi connectivity index (χ1n) is 8.22. The maximum atomic E-state index is 13.2. The van der Waals surface area contributed by atoms with Gasteiger partial charge < -0.3 is 15.2 Å². The Balaban J connectivity index is 1.84. The van der Waals surface area contributed by atoms with Crippen LogP contribution in [-0.2, 0) is 6.54 Å². The molecule has 2 heterocycles. The number of hydrogen-bond donors (Lipinski definition) is 2. The van der Waals surface area contributed by atoms with E-state index in [1.54, 1.807) is 12.3 Å². The van der Waals surface area contributed by atoms with Gasteiger partial charge in [0.1, 0.15) is 11.3 Å². The van der Waals surface area contributed by atoms with Crippen LogP contribution in [0.5, 0.6) is 0 Å². The van der Waals surface area contributed by atoms with Crippen molar-refractivity contribution in [3.05, 3.63) is 51.3 Å². The number of aromatic nitrogens is 4. The summed E-state index contributed by atoms with van der Waals surface area (Å²) in [7, 11) is 4.03. The summed E-state index contributed by atoms with van der Waals surface area (Å²) >= 11 is 6.08. The molecule has 3 aromatic rings. The number of H-pyrrole nitrogens is 1. The molecular formula is C17H20ClFN6O. The van der Waals surface area contributed by atoms with Crippen LogP contribution in [0.25, 0.3) is 11.2 Å². The molecule has 0 aliphatic carbocycles. The number of imidazole rings is 1. The number of fused-ring (bicyclic) bond motifs is 1. The van der Waals surface area contributed by atoms with Crippen LogP contribution in [0.2, 0.25) is 5.02 Å². The molecule has 7 nitrogen and oxygen atoms in total. The van der Waals surface area contributed by atoms with E-state index in [0.29, 0.717) is 22.7 Å². The quantitative estimate of drug-likeness (QED) is 0.617. The summed E-state index contributed by atoms with van der Waals surface area (Å²) in [6.45, 7) is 1.87. The molecule has 0 amide bonds. The molecular weight excluding hydrogens is 359 g/mol. The molecule has 0 unspecified atom stereocenters. The lowest BCUT2D eigenvalue weighted by molar-refractivity contribution is 0.405. The summed E-state index contributed by atoms with van der Waals surface area (Å²) in [5, 5.41) is 3.42. The van der Waals surface area contributed by atoms with Crippen LogP contribution < -0.4 is 11.0 Å². The lowest BCUT2D eigenvalue weighted by Crippen LogP contribution is -2.18. The third-order valence-corrected chi connectivity index (χ3v) is 4.27. The van der Waals surface area contributed by atoms with Gasteiger partial charge in [0.25, 0.3) is 0 Å². The van der Waals surface area contributed by atoms with Gasteiger partial charge in [-0.3, -0.25) is 4.57 Å². The zero-order valence-corrected chi connectivity index (χ0v) is 15.3. The molecule has 0 aliphatic heterocycles. The van der Waals surface area contributed by atoms with E-state index in [2.05, 4.69) is 25.2 Å². The van der Waals surface area contributed by atoms with Crippen molar-refractivity contribution in [1.82, 2.24) is 24.4 Å². The second-order valence-electron chi connectivity index (χ2n) is 6.27. The minimum atomic E-state index is -0.420. The van der Waals surface area contributed by atoms with E-state index in [0.717, 1.165) is 19.5 Å². The normalized spacial score (nSPS) is 11.4. The number of benzene rings is 1. The summed E-state index contributed by atoms with van der Waals surface area (Å²) in [4.78, 5) is 25.7. The first kappa shape index (κ1) is 18.3. The topological polar surface area (TPSA) is 78.8 Å². The number of aromatic amines is 1. The summed E-state index contributed by atoms with van der Waals surface area (Å²) in [5.74, 6) is 0.0331. The van der Waals surface area contributed by atoms with Crippen LogP contribution in [0.4, 0.5) is 10.3 Å². The molecule has 0 saturated heterocycles. The number of halogens is 2. The molecule has 0 atom stereocenters. The Morgan fingerprint density at radius 3 is 2.92 bits per heavy atom. The molecule has 0 bridgehead atoms. The van der Waals surface area contributed by atoms with E-state index < -0.39 is 5.82 Å². The smallest absolute Gasteiger partial charge is 0.328 e. The number of nitrogens with zero attached hydrogens (tertiary/aromatic N) is 4. The van der Waals surface area contributed by atoms with Gasteiger partial charge in [0.15, 0.2) is 5.65 Å². The van der Waals surface area contributed by atoms with Gasteiger partial charge in [-0.25, -0.2) is 14.2 Å². The lowest BCUT2D eigenvalue weighted by atomic mass is 10.2. The van der Waals surface area contributed by atoms with Crippen molar-refractivity contribution in [2.75, 3.05) is 32.5 Å². The zero-order chi connectivity index (χ0) is 18.7. The van der Waals surface area contributed by atoms with Gasteiger partial charge in [0.05, 0.1) is 12.7 Å².